The first-order valence-corrected chi connectivity index (χ1v) is 39.2. The lowest BCUT2D eigenvalue weighted by Gasteiger charge is -2.21. The maximum atomic E-state index is 13.0. The van der Waals surface area contributed by atoms with Crippen LogP contribution in [-0.4, -0.2) is 96.7 Å². The number of aliphatic hydroxyl groups is 1. The van der Waals surface area contributed by atoms with Crippen molar-refractivity contribution in [1.82, 2.24) is 0 Å². The minimum Gasteiger partial charge on any atom is -0.462 e. The Morgan fingerprint density at radius 1 is 0.367 bits per heavy atom. The number of unbranched alkanes of at least 4 members (excludes halogenated alkanes) is 31. The molecule has 0 spiro atoms. The first-order chi connectivity index (χ1) is 43.3. The van der Waals surface area contributed by atoms with Crippen LogP contribution >= 0.6 is 15.6 Å². The normalized spacial score (nSPS) is 14.7. The van der Waals surface area contributed by atoms with Crippen LogP contribution in [-0.2, 0) is 65.4 Å². The molecule has 530 valence electrons. The van der Waals surface area contributed by atoms with Gasteiger partial charge in [-0.05, 0) is 69.1 Å². The molecule has 17 nitrogen and oxygen atoms in total. The van der Waals surface area contributed by atoms with Gasteiger partial charge in [0.25, 0.3) is 0 Å². The van der Waals surface area contributed by atoms with E-state index in [1.807, 2.05) is 0 Å². The van der Waals surface area contributed by atoms with Crippen LogP contribution in [0.25, 0.3) is 0 Å². The van der Waals surface area contributed by atoms with Crippen molar-refractivity contribution in [3.8, 4) is 0 Å². The van der Waals surface area contributed by atoms with Crippen molar-refractivity contribution in [2.24, 2.45) is 17.8 Å². The van der Waals surface area contributed by atoms with Crippen LogP contribution in [0.15, 0.2) is 24.3 Å². The third-order valence-corrected chi connectivity index (χ3v) is 18.0. The van der Waals surface area contributed by atoms with Crippen molar-refractivity contribution in [3.05, 3.63) is 24.3 Å². The summed E-state index contributed by atoms with van der Waals surface area (Å²) in [5, 5.41) is 10.6. The zero-order valence-corrected chi connectivity index (χ0v) is 59.9. The van der Waals surface area contributed by atoms with Crippen molar-refractivity contribution in [2.75, 3.05) is 39.6 Å². The third-order valence-electron chi connectivity index (χ3n) is 16.1. The van der Waals surface area contributed by atoms with E-state index in [0.29, 0.717) is 25.7 Å². The van der Waals surface area contributed by atoms with Gasteiger partial charge in [-0.2, -0.15) is 0 Å². The molecule has 0 radical (unpaired) electrons. The Bertz CT molecular complexity index is 1860. The number of hydrogen-bond donors (Lipinski definition) is 3. The number of phosphoric acid groups is 2. The molecule has 0 bridgehead atoms. The predicted octanol–water partition coefficient (Wildman–Crippen LogP) is 19.8. The first-order valence-electron chi connectivity index (χ1n) is 36.2. The number of carbonyl (C=O) groups is 4. The average Bonchev–Trinajstić information content (AvgIpc) is 2.94. The molecular formula is C71H134O17P2. The molecule has 6 atom stereocenters. The maximum Gasteiger partial charge on any atom is 0.472 e. The van der Waals surface area contributed by atoms with Gasteiger partial charge in [0.2, 0.25) is 0 Å². The lowest BCUT2D eigenvalue weighted by Crippen LogP contribution is -2.30. The van der Waals surface area contributed by atoms with E-state index in [9.17, 15) is 43.2 Å². The number of aliphatic hydroxyl groups excluding tert-OH is 1. The van der Waals surface area contributed by atoms with Gasteiger partial charge in [0.05, 0.1) is 26.4 Å². The maximum absolute atomic E-state index is 13.0. The molecule has 90 heavy (non-hydrogen) atoms. The predicted molar refractivity (Wildman–Crippen MR) is 363 cm³/mol. The average molecular weight is 1320 g/mol. The molecule has 0 heterocycles. The minimum absolute atomic E-state index is 0.0841. The quantitative estimate of drug-likeness (QED) is 0.0169. The summed E-state index contributed by atoms with van der Waals surface area (Å²) < 4.78 is 68.3. The Balaban J connectivity index is 5.30. The summed E-state index contributed by atoms with van der Waals surface area (Å²) in [6.45, 7) is 11.7. The van der Waals surface area contributed by atoms with Crippen LogP contribution in [0.1, 0.15) is 331 Å². The molecule has 0 aromatic heterocycles. The molecule has 0 saturated carbocycles. The van der Waals surface area contributed by atoms with Gasteiger partial charge in [-0.15, -0.1) is 0 Å². The summed E-state index contributed by atoms with van der Waals surface area (Å²) in [7, 11) is -9.92. The molecule has 0 amide bonds. The fourth-order valence-electron chi connectivity index (χ4n) is 10.1. The van der Waals surface area contributed by atoms with E-state index in [1.165, 1.54) is 122 Å². The Morgan fingerprint density at radius 2 is 0.656 bits per heavy atom. The second kappa shape index (κ2) is 61.4. The number of esters is 4. The van der Waals surface area contributed by atoms with E-state index < -0.39 is 97.5 Å². The van der Waals surface area contributed by atoms with Crippen LogP contribution < -0.4 is 0 Å². The minimum atomic E-state index is -4.96. The molecule has 3 unspecified atom stereocenters. The Kier molecular flexibility index (Phi) is 59.7. The number of rotatable bonds is 67. The molecule has 0 aromatic rings. The number of phosphoric ester groups is 2. The topological polar surface area (TPSA) is 237 Å². The summed E-state index contributed by atoms with van der Waals surface area (Å²) in [5.74, 6) is 0.0633. The molecule has 0 aliphatic heterocycles. The lowest BCUT2D eigenvalue weighted by molar-refractivity contribution is -0.161. The molecule has 0 saturated heterocycles. The summed E-state index contributed by atoms with van der Waals surface area (Å²) in [6, 6.07) is 0. The molecular weight excluding hydrogens is 1190 g/mol. The summed E-state index contributed by atoms with van der Waals surface area (Å²) >= 11 is 0. The molecule has 3 N–H and O–H groups in total. The Morgan fingerprint density at radius 3 is 0.989 bits per heavy atom. The van der Waals surface area contributed by atoms with Gasteiger partial charge in [-0.1, -0.05) is 278 Å². The molecule has 0 aliphatic carbocycles. The van der Waals surface area contributed by atoms with E-state index in [-0.39, 0.29) is 25.7 Å². The Hall–Kier alpha value is -2.46. The third kappa shape index (κ3) is 63.0. The summed E-state index contributed by atoms with van der Waals surface area (Å²) in [6.07, 6.45) is 48.0. The van der Waals surface area contributed by atoms with E-state index in [2.05, 4.69) is 72.8 Å². The van der Waals surface area contributed by atoms with Crippen LogP contribution in [0, 0.1) is 17.8 Å². The van der Waals surface area contributed by atoms with Crippen molar-refractivity contribution in [2.45, 2.75) is 349 Å². The van der Waals surface area contributed by atoms with Gasteiger partial charge in [0, 0.05) is 25.7 Å². The summed E-state index contributed by atoms with van der Waals surface area (Å²) in [4.78, 5) is 72.6. The van der Waals surface area contributed by atoms with E-state index in [1.54, 1.807) is 0 Å². The number of hydrogen-bond acceptors (Lipinski definition) is 15. The van der Waals surface area contributed by atoms with Gasteiger partial charge in [0.1, 0.15) is 19.3 Å². The van der Waals surface area contributed by atoms with Crippen LogP contribution in [0.3, 0.4) is 0 Å². The SMILES string of the molecule is CCCCCC/C=C\C=C/CCCCCCCC(=O)O[C@H](COC(=O)CCCCCCCCCCCC(C)C)COP(=O)(O)OC[C@@H](O)COP(=O)(O)OC[C@@H](COC(=O)CCCCCCCCC(C)CC)OC(=O)CCCCCCCCCCCCC(C)C. The first kappa shape index (κ1) is 87.5. The molecule has 0 aromatic carbocycles. The highest BCUT2D eigenvalue weighted by atomic mass is 31.2. The van der Waals surface area contributed by atoms with Gasteiger partial charge in [-0.3, -0.25) is 37.3 Å². The van der Waals surface area contributed by atoms with Crippen LogP contribution in [0.5, 0.6) is 0 Å². The molecule has 19 heteroatoms. The zero-order valence-electron chi connectivity index (χ0n) is 58.1. The van der Waals surface area contributed by atoms with Crippen molar-refractivity contribution in [3.63, 3.8) is 0 Å². The standard InChI is InChI=1S/C71H134O17P2/c1-8-10-11-12-13-14-15-16-17-18-19-25-31-40-47-54-70(75)87-66(58-81-68(73)52-45-38-30-27-22-24-29-36-43-50-63(5)6)60-85-89(77,78)83-56-65(72)57-84-90(79,80)86-61-67(59-82-69(74)53-46-39-34-33-37-44-51-64(7)9-2)88-71(76)55-48-41-32-26-21-20-23-28-35-42-49-62(3)4/h14-17,62-67,72H,8-13,18-61H2,1-7H3,(H,77,78)(H,79,80)/b15-14-,17-16-/t64?,65-,66-,67-/m1/s1. The van der Waals surface area contributed by atoms with Crippen molar-refractivity contribution >= 4 is 39.5 Å². The largest absolute Gasteiger partial charge is 0.472 e. The second-order valence-corrected chi connectivity index (χ2v) is 29.0. The van der Waals surface area contributed by atoms with Crippen LogP contribution in [0.4, 0.5) is 0 Å². The smallest absolute Gasteiger partial charge is 0.462 e. The van der Waals surface area contributed by atoms with Gasteiger partial charge < -0.3 is 33.8 Å². The second-order valence-electron chi connectivity index (χ2n) is 26.1. The highest BCUT2D eigenvalue weighted by molar-refractivity contribution is 7.47. The fraction of sp³-hybridized carbons (Fsp3) is 0.887. The number of ether oxygens (including phenoxy) is 4. The van der Waals surface area contributed by atoms with E-state index >= 15 is 0 Å². The van der Waals surface area contributed by atoms with Gasteiger partial charge in [0.15, 0.2) is 12.2 Å². The zero-order chi connectivity index (χ0) is 66.6. The molecule has 0 rings (SSSR count). The van der Waals surface area contributed by atoms with Crippen molar-refractivity contribution in [1.29, 1.82) is 0 Å². The monoisotopic (exact) mass is 1320 g/mol. The van der Waals surface area contributed by atoms with E-state index in [0.717, 1.165) is 127 Å². The van der Waals surface area contributed by atoms with Gasteiger partial charge in [-0.25, -0.2) is 9.13 Å². The number of allylic oxidation sites excluding steroid dienone is 4. The van der Waals surface area contributed by atoms with Crippen LogP contribution in [0.2, 0.25) is 0 Å². The highest BCUT2D eigenvalue weighted by Gasteiger charge is 2.30. The fourth-order valence-corrected chi connectivity index (χ4v) is 11.7. The summed E-state index contributed by atoms with van der Waals surface area (Å²) in [5.41, 5.74) is 0. The molecule has 0 fully saturated rings. The van der Waals surface area contributed by atoms with Crippen molar-refractivity contribution < 1.29 is 80.2 Å². The number of carbonyl (C=O) groups excluding carboxylic acids is 4. The molecule has 0 aliphatic rings. The van der Waals surface area contributed by atoms with E-state index in [4.69, 9.17) is 37.0 Å². The van der Waals surface area contributed by atoms with Gasteiger partial charge >= 0.3 is 39.5 Å². The highest BCUT2D eigenvalue weighted by Crippen LogP contribution is 2.45. The lowest BCUT2D eigenvalue weighted by atomic mass is 10.00. The Labute approximate surface area is 548 Å².